The third-order valence-electron chi connectivity index (χ3n) is 8.13. The first kappa shape index (κ1) is 27.8. The fourth-order valence-corrected chi connectivity index (χ4v) is 5.88. The summed E-state index contributed by atoms with van der Waals surface area (Å²) in [4.78, 5) is 56.7. The van der Waals surface area contributed by atoms with E-state index in [0.29, 0.717) is 16.4 Å². The molecule has 1 aliphatic rings. The second-order valence-corrected chi connectivity index (χ2v) is 10.9. The van der Waals surface area contributed by atoms with Gasteiger partial charge in [-0.25, -0.2) is 14.6 Å². The molecule has 0 spiro atoms. The average Bonchev–Trinajstić information content (AvgIpc) is 3.75. The number of fused-ring (bicyclic) bond motifs is 2. The largest absolute Gasteiger partial charge is 0.479 e. The minimum atomic E-state index is -1.89. The Bertz CT molecular complexity index is 1880. The van der Waals surface area contributed by atoms with Crippen molar-refractivity contribution in [3.05, 3.63) is 72.3 Å². The third-order valence-corrected chi connectivity index (χ3v) is 8.13. The topological polar surface area (TPSA) is 180 Å². The number of nitrogens with one attached hydrogen (secondary N) is 3. The van der Waals surface area contributed by atoms with Crippen molar-refractivity contribution in [3.63, 3.8) is 0 Å². The van der Waals surface area contributed by atoms with Crippen LogP contribution in [0.3, 0.4) is 0 Å². The molecular weight excluding hydrogens is 554 g/mol. The maximum atomic E-state index is 13.6. The number of carbonyl (C=O) groups excluding carboxylic acids is 2. The smallest absolute Gasteiger partial charge is 0.394 e. The first-order valence-electron chi connectivity index (χ1n) is 13.9. The molecule has 1 saturated carbocycles. The predicted octanol–water partition coefficient (Wildman–Crippen LogP) is 5.04. The molecule has 5 aromatic rings. The van der Waals surface area contributed by atoms with Gasteiger partial charge in [-0.3, -0.25) is 9.59 Å². The van der Waals surface area contributed by atoms with Gasteiger partial charge in [-0.05, 0) is 62.2 Å². The number of hydrogen-bond donors (Lipinski definition) is 5. The summed E-state index contributed by atoms with van der Waals surface area (Å²) in [6.45, 7) is 1.37. The van der Waals surface area contributed by atoms with Crippen molar-refractivity contribution >= 4 is 51.4 Å². The fourth-order valence-electron chi connectivity index (χ4n) is 5.88. The summed E-state index contributed by atoms with van der Waals surface area (Å²) in [5.41, 5.74) is 1.60. The van der Waals surface area contributed by atoms with Gasteiger partial charge in [0, 0.05) is 40.0 Å². The molecular formula is C31H29N5O7. The Kier molecular flexibility index (Phi) is 6.96. The van der Waals surface area contributed by atoms with Crippen LogP contribution in [0.2, 0.25) is 0 Å². The van der Waals surface area contributed by atoms with Crippen LogP contribution in [-0.4, -0.2) is 48.5 Å². The van der Waals surface area contributed by atoms with Gasteiger partial charge in [0.2, 0.25) is 0 Å². The molecule has 12 nitrogen and oxygen atoms in total. The van der Waals surface area contributed by atoms with Gasteiger partial charge in [0.25, 0.3) is 5.91 Å². The number of carboxylic acid groups (broad SMARTS) is 2. The number of carbonyl (C=O) groups is 4. The normalized spacial score (nSPS) is 15.3. The number of imidazole rings is 1. The van der Waals surface area contributed by atoms with E-state index in [-0.39, 0.29) is 22.9 Å². The number of carboxylic acids is 2. The Morgan fingerprint density at radius 2 is 1.84 bits per heavy atom. The zero-order chi connectivity index (χ0) is 30.3. The SMILES string of the molecule is CC(NC(=O)c1ccc2c(c1)nc(-c1ccoc1)n2C1CCCCC1)(C(=O)O)c1c[nH]c2ccc(NC(=O)C(=O)O)cc12. The second-order valence-electron chi connectivity index (χ2n) is 10.9. The number of aromatic amines is 1. The van der Waals surface area contributed by atoms with Crippen LogP contribution in [0.25, 0.3) is 33.3 Å². The standard InChI is InChI=1S/C31H29N5O7/c1-31(30(41)42,22-15-32-23-9-8-19(14-21(22)23)33-28(38)29(39)40)35-27(37)17-7-10-25-24(13-17)34-26(18-11-12-43-16-18)36(25)20-5-3-2-4-6-20/h7-16,20,32H,2-6H2,1H3,(H,33,38)(H,35,37)(H,39,40)(H,41,42). The van der Waals surface area contributed by atoms with Gasteiger partial charge in [0.1, 0.15) is 12.1 Å². The Labute approximate surface area is 244 Å². The molecule has 2 aromatic carbocycles. The van der Waals surface area contributed by atoms with E-state index < -0.39 is 29.3 Å². The Morgan fingerprint density at radius 1 is 1.05 bits per heavy atom. The maximum Gasteiger partial charge on any atom is 0.394 e. The van der Waals surface area contributed by atoms with Crippen LogP contribution in [0, 0.1) is 0 Å². The highest BCUT2D eigenvalue weighted by atomic mass is 16.4. The number of hydrogen-bond acceptors (Lipinski definition) is 6. The number of H-pyrrole nitrogens is 1. The lowest BCUT2D eigenvalue weighted by Gasteiger charge is -2.26. The van der Waals surface area contributed by atoms with Crippen molar-refractivity contribution in [3.8, 4) is 11.4 Å². The highest BCUT2D eigenvalue weighted by molar-refractivity contribution is 6.36. The lowest BCUT2D eigenvalue weighted by Crippen LogP contribution is -2.49. The lowest BCUT2D eigenvalue weighted by molar-refractivity contribution is -0.147. The molecule has 220 valence electrons. The fraction of sp³-hybridized carbons (Fsp3) is 0.258. The highest BCUT2D eigenvalue weighted by Crippen LogP contribution is 2.37. The van der Waals surface area contributed by atoms with Crippen LogP contribution in [-0.2, 0) is 19.9 Å². The van der Waals surface area contributed by atoms with Crippen molar-refractivity contribution in [2.24, 2.45) is 0 Å². The van der Waals surface area contributed by atoms with Crippen molar-refractivity contribution in [2.75, 3.05) is 5.32 Å². The molecule has 12 heteroatoms. The summed E-state index contributed by atoms with van der Waals surface area (Å²) in [6.07, 6.45) is 10.2. The van der Waals surface area contributed by atoms with Gasteiger partial charge < -0.3 is 34.8 Å². The van der Waals surface area contributed by atoms with E-state index >= 15 is 0 Å². The minimum absolute atomic E-state index is 0.159. The van der Waals surface area contributed by atoms with Gasteiger partial charge in [0.05, 0.1) is 22.9 Å². The van der Waals surface area contributed by atoms with Gasteiger partial charge in [-0.2, -0.15) is 0 Å². The van der Waals surface area contributed by atoms with Crippen molar-refractivity contribution in [1.82, 2.24) is 19.9 Å². The minimum Gasteiger partial charge on any atom is -0.479 e. The third kappa shape index (κ3) is 5.00. The molecule has 5 N–H and O–H groups in total. The number of nitrogens with zero attached hydrogens (tertiary/aromatic N) is 2. The summed E-state index contributed by atoms with van der Waals surface area (Å²) in [5.74, 6) is -4.06. The van der Waals surface area contributed by atoms with E-state index in [1.807, 2.05) is 12.1 Å². The Morgan fingerprint density at radius 3 is 2.53 bits per heavy atom. The molecule has 43 heavy (non-hydrogen) atoms. The number of benzene rings is 2. The number of amides is 2. The average molecular weight is 584 g/mol. The number of furan rings is 1. The zero-order valence-corrected chi connectivity index (χ0v) is 23.2. The van der Waals surface area contributed by atoms with Crippen LogP contribution >= 0.6 is 0 Å². The van der Waals surface area contributed by atoms with Gasteiger partial charge >= 0.3 is 17.8 Å². The molecule has 1 aliphatic carbocycles. The first-order chi connectivity index (χ1) is 20.7. The summed E-state index contributed by atoms with van der Waals surface area (Å²) in [6, 6.07) is 11.8. The quantitative estimate of drug-likeness (QED) is 0.165. The molecule has 3 heterocycles. The second kappa shape index (κ2) is 10.8. The van der Waals surface area contributed by atoms with Crippen LogP contribution in [0.4, 0.5) is 5.69 Å². The number of aromatic nitrogens is 3. The molecule has 3 aromatic heterocycles. The Hall–Kier alpha value is -5.39. The van der Waals surface area contributed by atoms with Crippen LogP contribution in [0.15, 0.2) is 65.6 Å². The van der Waals surface area contributed by atoms with Crippen LogP contribution in [0.1, 0.15) is 61.0 Å². The number of rotatable bonds is 7. The molecule has 1 unspecified atom stereocenters. The molecule has 1 fully saturated rings. The molecule has 0 saturated heterocycles. The predicted molar refractivity (Wildman–Crippen MR) is 157 cm³/mol. The molecule has 6 rings (SSSR count). The van der Waals surface area contributed by atoms with Crippen LogP contribution in [0.5, 0.6) is 0 Å². The molecule has 0 aliphatic heterocycles. The maximum absolute atomic E-state index is 13.6. The van der Waals surface area contributed by atoms with Gasteiger partial charge in [-0.15, -0.1) is 0 Å². The zero-order valence-electron chi connectivity index (χ0n) is 23.2. The van der Waals surface area contributed by atoms with E-state index in [9.17, 15) is 24.3 Å². The monoisotopic (exact) mass is 583 g/mol. The van der Waals surface area contributed by atoms with Crippen molar-refractivity contribution < 1.29 is 33.8 Å². The molecule has 2 amide bonds. The van der Waals surface area contributed by atoms with Gasteiger partial charge in [-0.1, -0.05) is 19.3 Å². The van der Waals surface area contributed by atoms with Crippen molar-refractivity contribution in [2.45, 2.75) is 50.6 Å². The van der Waals surface area contributed by atoms with E-state index in [1.165, 1.54) is 31.7 Å². The van der Waals surface area contributed by atoms with Gasteiger partial charge in [0.15, 0.2) is 5.54 Å². The summed E-state index contributed by atoms with van der Waals surface area (Å²) >= 11 is 0. The van der Waals surface area contributed by atoms with Crippen molar-refractivity contribution in [1.29, 1.82) is 0 Å². The van der Waals surface area contributed by atoms with E-state index in [2.05, 4.69) is 20.2 Å². The molecule has 1 atom stereocenters. The highest BCUT2D eigenvalue weighted by Gasteiger charge is 2.39. The van der Waals surface area contributed by atoms with Crippen LogP contribution < -0.4 is 10.6 Å². The first-order valence-corrected chi connectivity index (χ1v) is 13.9. The summed E-state index contributed by atoms with van der Waals surface area (Å²) in [7, 11) is 0. The van der Waals surface area contributed by atoms with E-state index in [4.69, 9.17) is 14.5 Å². The lowest BCUT2D eigenvalue weighted by atomic mass is 9.91. The Balaban J connectivity index is 1.35. The van der Waals surface area contributed by atoms with E-state index in [1.54, 1.807) is 30.7 Å². The number of anilines is 1. The number of aliphatic carboxylic acids is 2. The summed E-state index contributed by atoms with van der Waals surface area (Å²) in [5, 5.41) is 24.5. The molecule has 0 bridgehead atoms. The summed E-state index contributed by atoms with van der Waals surface area (Å²) < 4.78 is 7.54. The molecule has 0 radical (unpaired) electrons. The van der Waals surface area contributed by atoms with E-state index in [0.717, 1.165) is 42.6 Å².